The summed E-state index contributed by atoms with van der Waals surface area (Å²) in [6.07, 6.45) is 2.83. The average Bonchev–Trinajstić information content (AvgIpc) is 2.67. The normalized spacial score (nSPS) is 17.1. The number of amides is 2. The van der Waals surface area contributed by atoms with Crippen LogP contribution in [0.2, 0.25) is 0 Å². The van der Waals surface area contributed by atoms with Crippen molar-refractivity contribution in [3.63, 3.8) is 0 Å². The Labute approximate surface area is 115 Å². The van der Waals surface area contributed by atoms with Gasteiger partial charge in [0.15, 0.2) is 5.84 Å². The fourth-order valence-corrected chi connectivity index (χ4v) is 1.60. The lowest BCUT2D eigenvalue weighted by molar-refractivity contribution is -0.268. The van der Waals surface area contributed by atoms with Crippen LogP contribution in [0.5, 0.6) is 5.75 Å². The van der Waals surface area contributed by atoms with Gasteiger partial charge in [-0.25, -0.2) is 9.98 Å². The van der Waals surface area contributed by atoms with Crippen LogP contribution in [0.15, 0.2) is 39.9 Å². The van der Waals surface area contributed by atoms with E-state index in [1.807, 2.05) is 0 Å². The van der Waals surface area contributed by atoms with Crippen molar-refractivity contribution in [2.24, 2.45) is 9.98 Å². The fraction of sp³-hybridized carbons (Fsp3) is 0.143. The molecule has 0 fully saturated rings. The Kier molecular flexibility index (Phi) is 3.74. The van der Waals surface area contributed by atoms with Crippen LogP contribution in [-0.2, 0) is 9.59 Å². The summed E-state index contributed by atoms with van der Waals surface area (Å²) in [4.78, 5) is 31.8. The Bertz CT molecular complexity index is 642. The van der Waals surface area contributed by atoms with Gasteiger partial charge in [-0.1, -0.05) is 24.3 Å². The van der Waals surface area contributed by atoms with Gasteiger partial charge >= 0.3 is 0 Å². The predicted molar refractivity (Wildman–Crippen MR) is 73.2 cm³/mol. The summed E-state index contributed by atoms with van der Waals surface area (Å²) in [6.45, 7) is 1.31. The lowest BCUT2D eigenvalue weighted by Gasteiger charge is -2.06. The highest BCUT2D eigenvalue weighted by atomic mass is 16.3. The van der Waals surface area contributed by atoms with Crippen LogP contribution in [0.25, 0.3) is 6.08 Å². The molecule has 20 heavy (non-hydrogen) atoms. The van der Waals surface area contributed by atoms with E-state index >= 15 is 0 Å². The van der Waals surface area contributed by atoms with E-state index in [9.17, 15) is 14.7 Å². The third-order valence-corrected chi connectivity index (χ3v) is 2.65. The Morgan fingerprint density at radius 3 is 2.60 bits per heavy atom. The van der Waals surface area contributed by atoms with Crippen LogP contribution in [0.3, 0.4) is 0 Å². The summed E-state index contributed by atoms with van der Waals surface area (Å²) in [5.74, 6) is -0.449. The smallest absolute Gasteiger partial charge is 0.277 e. The first kappa shape index (κ1) is 13.7. The molecule has 0 spiro atoms. The minimum Gasteiger partial charge on any atom is -0.872 e. The maximum absolute atomic E-state index is 12.0. The van der Waals surface area contributed by atoms with Crippen molar-refractivity contribution >= 4 is 29.9 Å². The van der Waals surface area contributed by atoms with Crippen molar-refractivity contribution in [2.45, 2.75) is 6.92 Å². The van der Waals surface area contributed by atoms with E-state index in [0.717, 1.165) is 0 Å². The first-order chi connectivity index (χ1) is 9.47. The van der Waals surface area contributed by atoms with Gasteiger partial charge in [-0.05, 0) is 11.6 Å². The molecule has 1 aromatic carbocycles. The first-order valence-corrected chi connectivity index (χ1v) is 5.87. The molecule has 0 bridgehead atoms. The Balaban J connectivity index is 2.30. The molecular formula is C14H12N3O3-. The van der Waals surface area contributed by atoms with E-state index < -0.39 is 0 Å². The summed E-state index contributed by atoms with van der Waals surface area (Å²) in [6, 6.07) is 6.05. The molecule has 0 aliphatic carbocycles. The zero-order valence-electron chi connectivity index (χ0n) is 11.0. The second-order valence-corrected chi connectivity index (χ2v) is 4.21. The molecule has 0 saturated carbocycles. The third-order valence-electron chi connectivity index (χ3n) is 2.65. The van der Waals surface area contributed by atoms with Gasteiger partial charge in [-0.2, -0.15) is 0 Å². The highest BCUT2D eigenvalue weighted by Gasteiger charge is 2.25. The minimum atomic E-state index is -0.364. The fourth-order valence-electron chi connectivity index (χ4n) is 1.60. The van der Waals surface area contributed by atoms with Gasteiger partial charge < -0.3 is 5.11 Å². The molecule has 0 radical (unpaired) electrons. The molecule has 0 aromatic heterocycles. The second-order valence-electron chi connectivity index (χ2n) is 4.21. The molecule has 0 N–H and O–H groups in total. The number of likely N-dealkylation sites (N-methyl/N-ethyl adjacent to an activating group) is 1. The zero-order valence-corrected chi connectivity index (χ0v) is 11.0. The van der Waals surface area contributed by atoms with E-state index in [-0.39, 0.29) is 23.3 Å². The van der Waals surface area contributed by atoms with Gasteiger partial charge in [0.25, 0.3) is 5.91 Å². The molecule has 2 amide bonds. The van der Waals surface area contributed by atoms with Crippen LogP contribution < -0.4 is 5.11 Å². The Morgan fingerprint density at radius 1 is 1.35 bits per heavy atom. The summed E-state index contributed by atoms with van der Waals surface area (Å²) >= 11 is 0. The van der Waals surface area contributed by atoms with Crippen LogP contribution in [0.4, 0.5) is 0 Å². The monoisotopic (exact) mass is 270 g/mol. The van der Waals surface area contributed by atoms with E-state index in [1.54, 1.807) is 25.3 Å². The molecule has 0 atom stereocenters. The number of nitrogens with zero attached hydrogens (tertiary/aromatic N) is 3. The van der Waals surface area contributed by atoms with Crippen molar-refractivity contribution < 1.29 is 14.7 Å². The second kappa shape index (κ2) is 5.48. The van der Waals surface area contributed by atoms with Crippen LogP contribution in [-0.4, -0.2) is 35.8 Å². The maximum Gasteiger partial charge on any atom is 0.277 e. The van der Waals surface area contributed by atoms with Gasteiger partial charge in [0.05, 0.1) is 6.21 Å². The Hall–Kier alpha value is -2.76. The van der Waals surface area contributed by atoms with Crippen molar-refractivity contribution in [3.05, 3.63) is 35.5 Å². The molecule has 1 heterocycles. The van der Waals surface area contributed by atoms with E-state index in [0.29, 0.717) is 11.4 Å². The summed E-state index contributed by atoms with van der Waals surface area (Å²) in [5.41, 5.74) is 0.936. The molecule has 1 aromatic rings. The lowest BCUT2D eigenvalue weighted by atomic mass is 10.2. The number of carbonyl (C=O) groups excluding carboxylic acids is 2. The number of rotatable bonds is 2. The molecule has 0 saturated heterocycles. The minimum absolute atomic E-state index is 0.0974. The van der Waals surface area contributed by atoms with Crippen molar-refractivity contribution in [1.82, 2.24) is 4.90 Å². The van der Waals surface area contributed by atoms with Crippen LogP contribution in [0, 0.1) is 0 Å². The number of hydrogen-bond acceptors (Lipinski definition) is 4. The van der Waals surface area contributed by atoms with Crippen LogP contribution in [0.1, 0.15) is 12.5 Å². The topological polar surface area (TPSA) is 85.2 Å². The van der Waals surface area contributed by atoms with Gasteiger partial charge in [-0.15, -0.1) is 5.75 Å². The molecule has 1 aliphatic rings. The summed E-state index contributed by atoms with van der Waals surface area (Å²) in [5, 5.41) is 11.0. The van der Waals surface area contributed by atoms with E-state index in [2.05, 4.69) is 9.98 Å². The number of aliphatic imine (C=N–C) groups is 2. The lowest BCUT2D eigenvalue weighted by Crippen LogP contribution is -2.28. The number of benzene rings is 1. The van der Waals surface area contributed by atoms with Gasteiger partial charge in [0, 0.05) is 14.0 Å². The van der Waals surface area contributed by atoms with Crippen molar-refractivity contribution in [2.75, 3.05) is 7.05 Å². The SMILES string of the molecule is CC(=O)N=CC1=N/C(=C/c2ccc([O-])cc2)C(=O)N1C. The number of amidine groups is 1. The largest absolute Gasteiger partial charge is 0.872 e. The van der Waals surface area contributed by atoms with Crippen LogP contribution >= 0.6 is 0 Å². The molecule has 0 unspecified atom stereocenters. The zero-order chi connectivity index (χ0) is 14.7. The Morgan fingerprint density at radius 2 is 2.00 bits per heavy atom. The van der Waals surface area contributed by atoms with Crippen molar-refractivity contribution in [1.29, 1.82) is 0 Å². The highest BCUT2D eigenvalue weighted by Crippen LogP contribution is 2.17. The van der Waals surface area contributed by atoms with Crippen molar-refractivity contribution in [3.8, 4) is 5.75 Å². The molecule has 6 nitrogen and oxygen atoms in total. The summed E-state index contributed by atoms with van der Waals surface area (Å²) < 4.78 is 0. The molecule has 2 rings (SSSR count). The number of hydrogen-bond donors (Lipinski definition) is 0. The highest BCUT2D eigenvalue weighted by molar-refractivity contribution is 6.38. The molecule has 102 valence electrons. The van der Waals surface area contributed by atoms with Gasteiger partial charge in [0.1, 0.15) is 5.70 Å². The van der Waals surface area contributed by atoms with E-state index in [1.165, 1.54) is 30.2 Å². The standard InChI is InChI=1S/C14H13N3O3/c1-9(18)15-8-13-16-12(14(20)17(13)2)7-10-3-5-11(19)6-4-10/h3-8,19H,1-2H3/p-1/b12-7+,15-8?. The quantitative estimate of drug-likeness (QED) is 0.582. The van der Waals surface area contributed by atoms with Gasteiger partial charge in [-0.3, -0.25) is 14.5 Å². The summed E-state index contributed by atoms with van der Waals surface area (Å²) in [7, 11) is 1.55. The van der Waals surface area contributed by atoms with E-state index in [4.69, 9.17) is 0 Å². The predicted octanol–water partition coefficient (Wildman–Crippen LogP) is 0.589. The molecule has 6 heteroatoms. The molecule has 1 aliphatic heterocycles. The maximum atomic E-state index is 12.0. The molecular weight excluding hydrogens is 258 g/mol. The number of carbonyl (C=O) groups is 2. The van der Waals surface area contributed by atoms with Gasteiger partial charge in [0.2, 0.25) is 5.91 Å². The first-order valence-electron chi connectivity index (χ1n) is 5.87. The average molecular weight is 270 g/mol. The third kappa shape index (κ3) is 2.97.